The van der Waals surface area contributed by atoms with Gasteiger partial charge in [-0.3, -0.25) is 0 Å². The van der Waals surface area contributed by atoms with Gasteiger partial charge in [-0.15, -0.1) is 0 Å². The minimum Gasteiger partial charge on any atom is -0.493 e. The van der Waals surface area contributed by atoms with Crippen LogP contribution in [0.1, 0.15) is 5.56 Å². The molecule has 0 radical (unpaired) electrons. The zero-order valence-electron chi connectivity index (χ0n) is 9.21. The number of hydrogen-bond donors (Lipinski definition) is 2. The summed E-state index contributed by atoms with van der Waals surface area (Å²) in [4.78, 5) is 0. The molecule has 0 bridgehead atoms. The van der Waals surface area contributed by atoms with Gasteiger partial charge >= 0.3 is 0 Å². The molecule has 1 saturated heterocycles. The number of methoxy groups -OCH3 is 2. The summed E-state index contributed by atoms with van der Waals surface area (Å²) in [5.41, 5.74) is 0.0159. The fraction of sp³-hybridized carbons (Fsp3) is 0.455. The van der Waals surface area contributed by atoms with Gasteiger partial charge in [0.05, 0.1) is 18.7 Å². The van der Waals surface area contributed by atoms with E-state index < -0.39 is 5.60 Å². The van der Waals surface area contributed by atoms with Crippen LogP contribution in [0, 0.1) is 0 Å². The van der Waals surface area contributed by atoms with Gasteiger partial charge in [0.25, 0.3) is 0 Å². The topological polar surface area (TPSA) is 50.7 Å². The normalized spacial score (nSPS) is 17.8. The van der Waals surface area contributed by atoms with E-state index in [0.29, 0.717) is 24.6 Å². The van der Waals surface area contributed by atoms with Crippen molar-refractivity contribution in [2.45, 2.75) is 5.60 Å². The van der Waals surface area contributed by atoms with Crippen molar-refractivity contribution in [3.63, 3.8) is 0 Å². The number of benzene rings is 1. The van der Waals surface area contributed by atoms with E-state index >= 15 is 0 Å². The second kappa shape index (κ2) is 4.24. The largest absolute Gasteiger partial charge is 0.493 e. The Morgan fingerprint density at radius 1 is 1.31 bits per heavy atom. The predicted octanol–water partition coefficient (Wildman–Crippen LogP) is 1.26. The van der Waals surface area contributed by atoms with Crippen LogP contribution in [0.4, 0.5) is 0 Å². The Morgan fingerprint density at radius 2 is 2.00 bits per heavy atom. The lowest BCUT2D eigenvalue weighted by atomic mass is 9.88. The molecule has 0 spiro atoms. The van der Waals surface area contributed by atoms with Crippen LogP contribution in [-0.4, -0.2) is 32.4 Å². The van der Waals surface area contributed by atoms with Crippen LogP contribution in [0.5, 0.6) is 11.5 Å². The van der Waals surface area contributed by atoms with E-state index in [0.717, 1.165) is 10.0 Å². The zero-order valence-corrected chi connectivity index (χ0v) is 10.8. The average molecular weight is 288 g/mol. The molecule has 5 heteroatoms. The molecule has 16 heavy (non-hydrogen) atoms. The summed E-state index contributed by atoms with van der Waals surface area (Å²) in [5, 5.41) is 13.3. The first-order valence-corrected chi connectivity index (χ1v) is 5.76. The fourth-order valence-electron chi connectivity index (χ4n) is 1.80. The predicted molar refractivity (Wildman–Crippen MR) is 64.0 cm³/mol. The monoisotopic (exact) mass is 287 g/mol. The summed E-state index contributed by atoms with van der Waals surface area (Å²) in [6, 6.07) is 3.65. The molecule has 1 heterocycles. The minimum atomic E-state index is -0.807. The van der Waals surface area contributed by atoms with Crippen molar-refractivity contribution in [1.82, 2.24) is 5.32 Å². The first-order valence-electron chi connectivity index (χ1n) is 4.96. The number of rotatable bonds is 3. The van der Waals surface area contributed by atoms with Crippen LogP contribution in [0.25, 0.3) is 0 Å². The Labute approximate surface area is 103 Å². The quantitative estimate of drug-likeness (QED) is 0.879. The molecule has 88 valence electrons. The number of β-amino-alcohol motifs (C(OH)–C–C–N with tert-alkyl or cyclic N) is 1. The SMILES string of the molecule is COc1ccc(C2(O)CNC2)c(Br)c1OC. The highest BCUT2D eigenvalue weighted by Gasteiger charge is 2.38. The van der Waals surface area contributed by atoms with E-state index in [9.17, 15) is 5.11 Å². The van der Waals surface area contributed by atoms with Gasteiger partial charge < -0.3 is 19.9 Å². The van der Waals surface area contributed by atoms with Gasteiger partial charge in [0.15, 0.2) is 11.5 Å². The highest BCUT2D eigenvalue weighted by atomic mass is 79.9. The molecule has 0 amide bonds. The molecule has 4 nitrogen and oxygen atoms in total. The summed E-state index contributed by atoms with van der Waals surface area (Å²) in [6.07, 6.45) is 0. The average Bonchev–Trinajstić information content (AvgIpc) is 2.25. The van der Waals surface area contributed by atoms with Gasteiger partial charge in [0.2, 0.25) is 0 Å². The van der Waals surface area contributed by atoms with Crippen LogP contribution in [0.3, 0.4) is 0 Å². The second-order valence-electron chi connectivity index (χ2n) is 3.80. The zero-order chi connectivity index (χ0) is 11.8. The molecule has 2 N–H and O–H groups in total. The van der Waals surface area contributed by atoms with Gasteiger partial charge in [0, 0.05) is 18.7 Å². The highest BCUT2D eigenvalue weighted by Crippen LogP contribution is 2.42. The molecule has 1 aliphatic rings. The van der Waals surface area contributed by atoms with Gasteiger partial charge in [0.1, 0.15) is 5.60 Å². The van der Waals surface area contributed by atoms with Crippen LogP contribution in [-0.2, 0) is 5.60 Å². The maximum Gasteiger partial charge on any atom is 0.175 e. The first kappa shape index (κ1) is 11.7. The van der Waals surface area contributed by atoms with Gasteiger partial charge in [-0.25, -0.2) is 0 Å². The molecule has 1 aromatic rings. The lowest BCUT2D eigenvalue weighted by Crippen LogP contribution is -2.56. The van der Waals surface area contributed by atoms with E-state index in [1.807, 2.05) is 6.07 Å². The summed E-state index contributed by atoms with van der Waals surface area (Å²) >= 11 is 3.45. The number of nitrogens with one attached hydrogen (secondary N) is 1. The Balaban J connectivity index is 2.48. The van der Waals surface area contributed by atoms with Crippen LogP contribution in [0.15, 0.2) is 16.6 Å². The molecule has 0 saturated carbocycles. The molecule has 0 aliphatic carbocycles. The van der Waals surface area contributed by atoms with Crippen molar-refractivity contribution < 1.29 is 14.6 Å². The Kier molecular flexibility index (Phi) is 3.10. The van der Waals surface area contributed by atoms with E-state index in [1.54, 1.807) is 20.3 Å². The van der Waals surface area contributed by atoms with Crippen LogP contribution in [0.2, 0.25) is 0 Å². The van der Waals surface area contributed by atoms with E-state index in [1.165, 1.54) is 0 Å². The summed E-state index contributed by atoms with van der Waals surface area (Å²) in [7, 11) is 3.17. The third kappa shape index (κ3) is 1.69. The number of halogens is 1. The third-order valence-corrected chi connectivity index (χ3v) is 3.61. The van der Waals surface area contributed by atoms with Crippen molar-refractivity contribution in [3.8, 4) is 11.5 Å². The number of hydrogen-bond acceptors (Lipinski definition) is 4. The van der Waals surface area contributed by atoms with Crippen molar-refractivity contribution in [1.29, 1.82) is 0 Å². The van der Waals surface area contributed by atoms with E-state index in [2.05, 4.69) is 21.2 Å². The summed E-state index contributed by atoms with van der Waals surface area (Å²) < 4.78 is 11.2. The Morgan fingerprint density at radius 3 is 2.44 bits per heavy atom. The van der Waals surface area contributed by atoms with Crippen LogP contribution >= 0.6 is 15.9 Å². The summed E-state index contributed by atoms with van der Waals surface area (Å²) in [5.74, 6) is 1.26. The fourth-order valence-corrected chi connectivity index (χ4v) is 2.66. The number of ether oxygens (including phenoxy) is 2. The van der Waals surface area contributed by atoms with Crippen molar-refractivity contribution in [2.24, 2.45) is 0 Å². The molecule has 0 atom stereocenters. The maximum absolute atomic E-state index is 10.3. The molecule has 2 rings (SSSR count). The van der Waals surface area contributed by atoms with Crippen molar-refractivity contribution >= 4 is 15.9 Å². The lowest BCUT2D eigenvalue weighted by molar-refractivity contribution is -0.0155. The lowest BCUT2D eigenvalue weighted by Gasteiger charge is -2.38. The highest BCUT2D eigenvalue weighted by molar-refractivity contribution is 9.10. The smallest absolute Gasteiger partial charge is 0.175 e. The van der Waals surface area contributed by atoms with Crippen molar-refractivity contribution in [2.75, 3.05) is 27.3 Å². The van der Waals surface area contributed by atoms with Crippen LogP contribution < -0.4 is 14.8 Å². The first-order chi connectivity index (χ1) is 7.62. The Bertz CT molecular complexity index is 404. The standard InChI is InChI=1S/C11H14BrNO3/c1-15-8-4-3-7(9(12)10(8)16-2)11(14)5-13-6-11/h3-4,13-14H,5-6H2,1-2H3. The molecule has 1 aliphatic heterocycles. The third-order valence-electron chi connectivity index (χ3n) is 2.82. The van der Waals surface area contributed by atoms with Gasteiger partial charge in [-0.2, -0.15) is 0 Å². The van der Waals surface area contributed by atoms with E-state index in [-0.39, 0.29) is 0 Å². The van der Waals surface area contributed by atoms with Gasteiger partial charge in [-0.05, 0) is 22.0 Å². The van der Waals surface area contributed by atoms with Gasteiger partial charge in [-0.1, -0.05) is 6.07 Å². The van der Waals surface area contributed by atoms with E-state index in [4.69, 9.17) is 9.47 Å². The van der Waals surface area contributed by atoms with Crippen molar-refractivity contribution in [3.05, 3.63) is 22.2 Å². The molecular formula is C11H14BrNO3. The maximum atomic E-state index is 10.3. The molecule has 1 fully saturated rings. The Hall–Kier alpha value is -0.780. The molecule has 0 unspecified atom stereocenters. The molecular weight excluding hydrogens is 274 g/mol. The molecule has 0 aromatic heterocycles. The summed E-state index contributed by atoms with van der Waals surface area (Å²) in [6.45, 7) is 1.11. The number of aliphatic hydroxyl groups is 1. The second-order valence-corrected chi connectivity index (χ2v) is 4.59. The molecule has 1 aromatic carbocycles. The minimum absolute atomic E-state index is 0.557.